The highest BCUT2D eigenvalue weighted by atomic mass is 32.1. The van der Waals surface area contributed by atoms with Crippen molar-refractivity contribution in [2.75, 3.05) is 0 Å². The maximum Gasteiger partial charge on any atom is 0.0377 e. The molecule has 0 nitrogen and oxygen atoms in total. The second-order valence-electron chi connectivity index (χ2n) is 5.82. The van der Waals surface area contributed by atoms with E-state index in [2.05, 4.69) is 82.2 Å². The molecule has 0 unspecified atom stereocenters. The molecule has 0 saturated heterocycles. The van der Waals surface area contributed by atoms with Crippen LogP contribution in [-0.2, 0) is 0 Å². The van der Waals surface area contributed by atoms with Crippen molar-refractivity contribution >= 4 is 67.8 Å². The molecule has 0 aliphatic rings. The summed E-state index contributed by atoms with van der Waals surface area (Å²) in [5.41, 5.74) is 2.71. The maximum atomic E-state index is 2.29. The van der Waals surface area contributed by atoms with Crippen molar-refractivity contribution < 1.29 is 0 Å². The van der Waals surface area contributed by atoms with Gasteiger partial charge in [-0.25, -0.2) is 0 Å². The van der Waals surface area contributed by atoms with E-state index in [-0.39, 0.29) is 0 Å². The van der Waals surface area contributed by atoms with Gasteiger partial charge in [0.05, 0.1) is 0 Å². The first kappa shape index (κ1) is 17.3. The zero-order valence-electron chi connectivity index (χ0n) is 14.1. The summed E-state index contributed by atoms with van der Waals surface area (Å²) in [4.78, 5) is 5.33. The smallest absolute Gasteiger partial charge is 0.0377 e. The molecule has 0 aliphatic heterocycles. The van der Waals surface area contributed by atoms with E-state index in [4.69, 9.17) is 0 Å². The fraction of sp³-hybridized carbons (Fsp3) is 0. The quantitative estimate of drug-likeness (QED) is 0.301. The first-order valence-corrected chi connectivity index (χ1v) is 12.7. The number of hydrogen-bond acceptors (Lipinski definition) is 5. The summed E-state index contributed by atoms with van der Waals surface area (Å²) in [6.07, 6.45) is 0. The second kappa shape index (κ2) is 7.70. The summed E-state index contributed by atoms with van der Waals surface area (Å²) in [7, 11) is 0. The predicted molar refractivity (Wildman–Crippen MR) is 124 cm³/mol. The summed E-state index contributed by atoms with van der Waals surface area (Å²) in [6, 6.07) is 22.0. The van der Waals surface area contributed by atoms with Crippen LogP contribution in [0.3, 0.4) is 0 Å². The Morgan fingerprint density at radius 3 is 1.04 bits per heavy atom. The summed E-state index contributed by atoms with van der Waals surface area (Å²) in [6.45, 7) is 0. The monoisotopic (exact) mass is 438 g/mol. The van der Waals surface area contributed by atoms with E-state index in [1.165, 1.54) is 39.7 Å². The van der Waals surface area contributed by atoms with Gasteiger partial charge >= 0.3 is 0 Å². The van der Waals surface area contributed by atoms with E-state index < -0.39 is 0 Å². The van der Waals surface area contributed by atoms with Crippen LogP contribution in [0.5, 0.6) is 0 Å². The third-order valence-electron chi connectivity index (χ3n) is 4.17. The van der Waals surface area contributed by atoms with Gasteiger partial charge < -0.3 is 0 Å². The van der Waals surface area contributed by atoms with Gasteiger partial charge in [0.15, 0.2) is 0 Å². The lowest BCUT2D eigenvalue weighted by atomic mass is 10.1. The molecule has 0 saturated carbocycles. The minimum absolute atomic E-state index is 1.33. The summed E-state index contributed by atoms with van der Waals surface area (Å²) in [5, 5.41) is 8.64. The van der Waals surface area contributed by atoms with Gasteiger partial charge in [0.25, 0.3) is 0 Å². The molecule has 0 radical (unpaired) electrons. The van der Waals surface area contributed by atoms with Crippen LogP contribution < -0.4 is 9.06 Å². The standard InChI is InChI=1S/C22H14S5/c1-5-15(23-11-1)21(16-6-2-12-24-16)19-9-10-20(27-19)22(17-7-3-13-25-17)18-8-4-14-26-18/h1-14H. The molecule has 0 N–H and O–H groups in total. The Labute approximate surface area is 177 Å². The molecular weight excluding hydrogens is 425 g/mol. The van der Waals surface area contributed by atoms with Gasteiger partial charge in [0, 0.05) is 39.7 Å². The summed E-state index contributed by atoms with van der Waals surface area (Å²) < 4.78 is 2.67. The SMILES string of the molecule is c1csc(C(c2cccs2)=c2ccc(=C(c3cccs3)c3cccs3)s2)c1. The fourth-order valence-corrected chi connectivity index (χ4v) is 7.75. The van der Waals surface area contributed by atoms with Crippen molar-refractivity contribution in [2.45, 2.75) is 0 Å². The normalized spacial score (nSPS) is 11.0. The van der Waals surface area contributed by atoms with Gasteiger partial charge in [0.1, 0.15) is 0 Å². The lowest BCUT2D eigenvalue weighted by molar-refractivity contribution is 1.71. The van der Waals surface area contributed by atoms with Crippen LogP contribution in [0.1, 0.15) is 19.5 Å². The number of hydrogen-bond donors (Lipinski definition) is 0. The van der Waals surface area contributed by atoms with E-state index in [1.54, 1.807) is 0 Å². The van der Waals surface area contributed by atoms with Crippen LogP contribution in [0.25, 0.3) is 11.1 Å². The van der Waals surface area contributed by atoms with Crippen LogP contribution in [0.15, 0.2) is 82.2 Å². The van der Waals surface area contributed by atoms with Crippen molar-refractivity contribution in [1.82, 2.24) is 0 Å². The second-order valence-corrected chi connectivity index (χ2v) is 10.7. The summed E-state index contributed by atoms with van der Waals surface area (Å²) >= 11 is 9.14. The van der Waals surface area contributed by atoms with Gasteiger partial charge in [0.2, 0.25) is 0 Å². The minimum atomic E-state index is 1.33. The highest BCUT2D eigenvalue weighted by Crippen LogP contribution is 2.30. The van der Waals surface area contributed by atoms with Crippen molar-refractivity contribution in [3.05, 3.63) is 111 Å². The fourth-order valence-electron chi connectivity index (χ4n) is 3.02. The Hall–Kier alpha value is -1.76. The third kappa shape index (κ3) is 3.42. The van der Waals surface area contributed by atoms with E-state index >= 15 is 0 Å². The third-order valence-corrected chi connectivity index (χ3v) is 8.84. The van der Waals surface area contributed by atoms with Crippen molar-refractivity contribution in [1.29, 1.82) is 0 Å². The molecule has 0 fully saturated rings. The Morgan fingerprint density at radius 2 is 0.778 bits per heavy atom. The number of thiophene rings is 5. The Bertz CT molecular complexity index is 1060. The highest BCUT2D eigenvalue weighted by Gasteiger charge is 2.12. The molecule has 5 heterocycles. The average molecular weight is 439 g/mol. The van der Waals surface area contributed by atoms with Crippen molar-refractivity contribution in [3.8, 4) is 0 Å². The molecule has 0 atom stereocenters. The molecule has 5 heteroatoms. The van der Waals surface area contributed by atoms with E-state index in [0.29, 0.717) is 0 Å². The Morgan fingerprint density at radius 1 is 0.444 bits per heavy atom. The zero-order chi connectivity index (χ0) is 18.1. The molecule has 0 aliphatic carbocycles. The molecule has 27 heavy (non-hydrogen) atoms. The lowest BCUT2D eigenvalue weighted by Crippen LogP contribution is -2.03. The Kier molecular flexibility index (Phi) is 4.95. The number of rotatable bonds is 4. The first-order chi connectivity index (χ1) is 13.4. The zero-order valence-corrected chi connectivity index (χ0v) is 18.2. The molecule has 5 aromatic rings. The molecule has 5 rings (SSSR count). The van der Waals surface area contributed by atoms with Gasteiger partial charge in [-0.15, -0.1) is 56.7 Å². The molecule has 5 aromatic heterocycles. The molecular formula is C22H14S5. The average Bonchev–Trinajstić information content (AvgIpc) is 3.49. The first-order valence-electron chi connectivity index (χ1n) is 8.40. The summed E-state index contributed by atoms with van der Waals surface area (Å²) in [5.74, 6) is 0. The van der Waals surface area contributed by atoms with E-state index in [0.717, 1.165) is 0 Å². The van der Waals surface area contributed by atoms with Gasteiger partial charge in [-0.1, -0.05) is 24.3 Å². The van der Waals surface area contributed by atoms with E-state index in [9.17, 15) is 0 Å². The molecule has 132 valence electrons. The van der Waals surface area contributed by atoms with Gasteiger partial charge in [-0.3, -0.25) is 0 Å². The molecule has 0 amide bonds. The van der Waals surface area contributed by atoms with Crippen LogP contribution in [0.2, 0.25) is 0 Å². The van der Waals surface area contributed by atoms with Crippen LogP contribution in [0.4, 0.5) is 0 Å². The van der Waals surface area contributed by atoms with E-state index in [1.807, 2.05) is 56.7 Å². The van der Waals surface area contributed by atoms with Crippen LogP contribution in [0, 0.1) is 0 Å². The van der Waals surface area contributed by atoms with Crippen LogP contribution in [-0.4, -0.2) is 0 Å². The molecule has 0 bridgehead atoms. The topological polar surface area (TPSA) is 0 Å². The maximum absolute atomic E-state index is 2.29. The molecule has 0 aromatic carbocycles. The van der Waals surface area contributed by atoms with Crippen molar-refractivity contribution in [3.63, 3.8) is 0 Å². The van der Waals surface area contributed by atoms with Crippen molar-refractivity contribution in [2.24, 2.45) is 0 Å². The van der Waals surface area contributed by atoms with Gasteiger partial charge in [-0.2, -0.15) is 0 Å². The van der Waals surface area contributed by atoms with Gasteiger partial charge in [-0.05, 0) is 57.9 Å². The van der Waals surface area contributed by atoms with Crippen LogP contribution >= 0.6 is 56.7 Å². The largest absolute Gasteiger partial charge is 0.144 e. The highest BCUT2D eigenvalue weighted by molar-refractivity contribution is 7.15. The molecule has 0 spiro atoms. The minimum Gasteiger partial charge on any atom is -0.144 e. The lowest BCUT2D eigenvalue weighted by Gasteiger charge is -2.01. The Balaban J connectivity index is 1.82. The predicted octanol–water partition coefficient (Wildman–Crippen LogP) is 6.49.